The monoisotopic (exact) mass is 366 g/mol. The van der Waals surface area contributed by atoms with Gasteiger partial charge in [0.15, 0.2) is 11.5 Å². The largest absolute Gasteiger partial charge is 0.454 e. The minimum Gasteiger partial charge on any atom is -0.454 e. The zero-order chi connectivity index (χ0) is 19.2. The van der Waals surface area contributed by atoms with Crippen molar-refractivity contribution in [3.63, 3.8) is 0 Å². The number of anilines is 1. The van der Waals surface area contributed by atoms with E-state index >= 15 is 0 Å². The average Bonchev–Trinajstić information content (AvgIpc) is 3.12. The van der Waals surface area contributed by atoms with Gasteiger partial charge in [-0.05, 0) is 48.4 Å². The van der Waals surface area contributed by atoms with E-state index in [0.29, 0.717) is 18.8 Å². The van der Waals surface area contributed by atoms with E-state index in [-0.39, 0.29) is 18.6 Å². The van der Waals surface area contributed by atoms with Gasteiger partial charge in [-0.15, -0.1) is 0 Å². The predicted octanol–water partition coefficient (Wildman–Crippen LogP) is 3.44. The standard InChI is InChI=1S/C21H22N2O4/c1-3-23(13-17-6-10-19-20(12-17)27-14-26-19)21(25)11-7-16-4-8-18(9-5-16)22-15(2)24/h4-12H,3,13-14H2,1-2H3,(H,22,24)/b11-7+. The van der Waals surface area contributed by atoms with Crippen LogP contribution in [0.2, 0.25) is 0 Å². The molecule has 2 amide bonds. The zero-order valence-electron chi connectivity index (χ0n) is 15.4. The number of carbonyl (C=O) groups excluding carboxylic acids is 2. The summed E-state index contributed by atoms with van der Waals surface area (Å²) in [5.74, 6) is 1.26. The lowest BCUT2D eigenvalue weighted by atomic mass is 10.1. The van der Waals surface area contributed by atoms with E-state index in [1.165, 1.54) is 6.92 Å². The van der Waals surface area contributed by atoms with Crippen molar-refractivity contribution < 1.29 is 19.1 Å². The smallest absolute Gasteiger partial charge is 0.246 e. The van der Waals surface area contributed by atoms with Gasteiger partial charge in [0.05, 0.1) is 0 Å². The number of rotatable bonds is 6. The van der Waals surface area contributed by atoms with E-state index in [9.17, 15) is 9.59 Å². The normalized spacial score (nSPS) is 12.2. The summed E-state index contributed by atoms with van der Waals surface area (Å²) in [6, 6.07) is 13.0. The second-order valence-electron chi connectivity index (χ2n) is 6.18. The van der Waals surface area contributed by atoms with Gasteiger partial charge >= 0.3 is 0 Å². The number of ether oxygens (including phenoxy) is 2. The Bertz CT molecular complexity index is 859. The number of nitrogens with zero attached hydrogens (tertiary/aromatic N) is 1. The fourth-order valence-corrected chi connectivity index (χ4v) is 2.76. The SMILES string of the molecule is CCN(Cc1ccc2c(c1)OCO2)C(=O)/C=C/c1ccc(NC(C)=O)cc1. The van der Waals surface area contributed by atoms with Gasteiger partial charge in [0, 0.05) is 31.8 Å². The lowest BCUT2D eigenvalue weighted by molar-refractivity contribution is -0.126. The van der Waals surface area contributed by atoms with Crippen molar-refractivity contribution >= 4 is 23.6 Å². The Hall–Kier alpha value is -3.28. The van der Waals surface area contributed by atoms with Gasteiger partial charge in [-0.1, -0.05) is 18.2 Å². The second-order valence-corrected chi connectivity index (χ2v) is 6.18. The first-order valence-corrected chi connectivity index (χ1v) is 8.78. The van der Waals surface area contributed by atoms with Crippen molar-refractivity contribution in [2.24, 2.45) is 0 Å². The van der Waals surface area contributed by atoms with Gasteiger partial charge in [0.1, 0.15) is 0 Å². The third-order valence-corrected chi connectivity index (χ3v) is 4.15. The number of benzene rings is 2. The molecule has 1 N–H and O–H groups in total. The maximum absolute atomic E-state index is 12.5. The summed E-state index contributed by atoms with van der Waals surface area (Å²) in [6.07, 6.45) is 3.33. The van der Waals surface area contributed by atoms with Crippen LogP contribution in [0.5, 0.6) is 11.5 Å². The lowest BCUT2D eigenvalue weighted by Crippen LogP contribution is -2.28. The first-order valence-electron chi connectivity index (χ1n) is 8.78. The Balaban J connectivity index is 1.62. The quantitative estimate of drug-likeness (QED) is 0.796. The zero-order valence-corrected chi connectivity index (χ0v) is 15.4. The van der Waals surface area contributed by atoms with E-state index in [2.05, 4.69) is 5.32 Å². The average molecular weight is 366 g/mol. The Kier molecular flexibility index (Phi) is 5.76. The first-order chi connectivity index (χ1) is 13.0. The molecule has 0 fully saturated rings. The predicted molar refractivity (Wildman–Crippen MR) is 103 cm³/mol. The maximum Gasteiger partial charge on any atom is 0.246 e. The summed E-state index contributed by atoms with van der Waals surface area (Å²) in [6.45, 7) is 4.74. The molecular formula is C21H22N2O4. The van der Waals surface area contributed by atoms with Gasteiger partial charge < -0.3 is 19.7 Å². The van der Waals surface area contributed by atoms with Crippen LogP contribution in [-0.4, -0.2) is 30.1 Å². The van der Waals surface area contributed by atoms with Crippen LogP contribution >= 0.6 is 0 Å². The molecule has 140 valence electrons. The highest BCUT2D eigenvalue weighted by molar-refractivity contribution is 5.92. The van der Waals surface area contributed by atoms with Gasteiger partial charge in [-0.2, -0.15) is 0 Å². The fraction of sp³-hybridized carbons (Fsp3) is 0.238. The van der Waals surface area contributed by atoms with Crippen LogP contribution in [0.15, 0.2) is 48.5 Å². The summed E-state index contributed by atoms with van der Waals surface area (Å²) >= 11 is 0. The number of amides is 2. The van der Waals surface area contributed by atoms with Crippen LogP contribution in [-0.2, 0) is 16.1 Å². The molecule has 1 heterocycles. The summed E-state index contributed by atoms with van der Waals surface area (Å²) < 4.78 is 10.7. The first kappa shape index (κ1) is 18.5. The highest BCUT2D eigenvalue weighted by Crippen LogP contribution is 2.32. The summed E-state index contributed by atoms with van der Waals surface area (Å²) in [7, 11) is 0. The lowest BCUT2D eigenvalue weighted by Gasteiger charge is -2.19. The highest BCUT2D eigenvalue weighted by Gasteiger charge is 2.15. The third-order valence-electron chi connectivity index (χ3n) is 4.15. The molecule has 1 aliphatic heterocycles. The number of hydrogen-bond acceptors (Lipinski definition) is 4. The summed E-state index contributed by atoms with van der Waals surface area (Å²) in [5.41, 5.74) is 2.60. The molecule has 0 radical (unpaired) electrons. The van der Waals surface area contributed by atoms with Crippen LogP contribution in [0.1, 0.15) is 25.0 Å². The molecule has 2 aromatic rings. The molecule has 6 nitrogen and oxygen atoms in total. The van der Waals surface area contributed by atoms with Crippen molar-refractivity contribution in [3.8, 4) is 11.5 Å². The minimum absolute atomic E-state index is 0.0684. The van der Waals surface area contributed by atoms with Crippen LogP contribution in [0.3, 0.4) is 0 Å². The molecule has 0 saturated heterocycles. The van der Waals surface area contributed by atoms with E-state index in [1.54, 1.807) is 29.2 Å². The van der Waals surface area contributed by atoms with Crippen molar-refractivity contribution in [2.75, 3.05) is 18.7 Å². The molecule has 1 aliphatic rings. The van der Waals surface area contributed by atoms with Gasteiger partial charge in [0.2, 0.25) is 18.6 Å². The molecule has 0 unspecified atom stereocenters. The second kappa shape index (κ2) is 8.40. The molecule has 0 aliphatic carbocycles. The molecular weight excluding hydrogens is 344 g/mol. The third kappa shape index (κ3) is 4.88. The Labute approximate surface area is 158 Å². The molecule has 0 aromatic heterocycles. The van der Waals surface area contributed by atoms with Crippen molar-refractivity contribution in [2.45, 2.75) is 20.4 Å². The van der Waals surface area contributed by atoms with Gasteiger partial charge in [0.25, 0.3) is 0 Å². The number of fused-ring (bicyclic) bond motifs is 1. The molecule has 0 atom stereocenters. The molecule has 6 heteroatoms. The summed E-state index contributed by atoms with van der Waals surface area (Å²) in [5, 5.41) is 2.71. The van der Waals surface area contributed by atoms with E-state index in [1.807, 2.05) is 37.3 Å². The molecule has 2 aromatic carbocycles. The summed E-state index contributed by atoms with van der Waals surface area (Å²) in [4.78, 5) is 25.3. The van der Waals surface area contributed by atoms with Crippen LogP contribution in [0.25, 0.3) is 6.08 Å². The number of carbonyl (C=O) groups is 2. The number of hydrogen-bond donors (Lipinski definition) is 1. The van der Waals surface area contributed by atoms with Crippen LogP contribution in [0.4, 0.5) is 5.69 Å². The Morgan fingerprint density at radius 2 is 1.85 bits per heavy atom. The molecule has 0 saturated carbocycles. The van der Waals surface area contributed by atoms with Crippen molar-refractivity contribution in [3.05, 3.63) is 59.7 Å². The van der Waals surface area contributed by atoms with Crippen molar-refractivity contribution in [1.29, 1.82) is 0 Å². The fourth-order valence-electron chi connectivity index (χ4n) is 2.76. The number of likely N-dealkylation sites (N-methyl/N-ethyl adjacent to an activating group) is 1. The minimum atomic E-state index is -0.115. The van der Waals surface area contributed by atoms with E-state index in [4.69, 9.17) is 9.47 Å². The topological polar surface area (TPSA) is 67.9 Å². The van der Waals surface area contributed by atoms with E-state index in [0.717, 1.165) is 22.6 Å². The van der Waals surface area contributed by atoms with Crippen molar-refractivity contribution in [1.82, 2.24) is 4.90 Å². The highest BCUT2D eigenvalue weighted by atomic mass is 16.7. The molecule has 0 spiro atoms. The maximum atomic E-state index is 12.5. The molecule has 27 heavy (non-hydrogen) atoms. The Morgan fingerprint density at radius 1 is 1.11 bits per heavy atom. The van der Waals surface area contributed by atoms with E-state index < -0.39 is 0 Å². The Morgan fingerprint density at radius 3 is 2.56 bits per heavy atom. The number of nitrogens with one attached hydrogen (secondary N) is 1. The van der Waals surface area contributed by atoms with Crippen LogP contribution in [0, 0.1) is 0 Å². The van der Waals surface area contributed by atoms with Crippen LogP contribution < -0.4 is 14.8 Å². The van der Waals surface area contributed by atoms with Gasteiger partial charge in [-0.25, -0.2) is 0 Å². The molecule has 3 rings (SSSR count). The molecule has 0 bridgehead atoms. The van der Waals surface area contributed by atoms with Gasteiger partial charge in [-0.3, -0.25) is 9.59 Å².